The summed E-state index contributed by atoms with van der Waals surface area (Å²) in [6, 6.07) is 8.29. The van der Waals surface area contributed by atoms with Gasteiger partial charge in [-0.3, -0.25) is 0 Å². The number of hydrogen-bond acceptors (Lipinski definition) is 0. The molecule has 0 spiro atoms. The second kappa shape index (κ2) is 5.83. The molecule has 88 valence electrons. The van der Waals surface area contributed by atoms with Crippen LogP contribution in [0.1, 0.15) is 16.5 Å². The monoisotopic (exact) mass is 240 g/mol. The Morgan fingerprint density at radius 3 is 3.06 bits per heavy atom. The van der Waals surface area contributed by atoms with Crippen molar-refractivity contribution in [2.45, 2.75) is 0 Å². The van der Waals surface area contributed by atoms with Gasteiger partial charge in [0.2, 0.25) is 0 Å². The van der Waals surface area contributed by atoms with E-state index in [1.54, 1.807) is 24.3 Å². The van der Waals surface area contributed by atoms with Gasteiger partial charge in [-0.1, -0.05) is 79.7 Å². The third kappa shape index (κ3) is 2.67. The van der Waals surface area contributed by atoms with Gasteiger partial charge in [0, 0.05) is 0 Å². The largest absolute Gasteiger partial charge is 0.0990 e. The molecular formula is C18H16. The van der Waals surface area contributed by atoms with Gasteiger partial charge in [0.1, 0.15) is 0 Å². The summed E-state index contributed by atoms with van der Waals surface area (Å²) in [6.07, 6.45) is 0. The van der Waals surface area contributed by atoms with Crippen molar-refractivity contribution >= 4 is 5.57 Å². The van der Waals surface area contributed by atoms with E-state index in [-0.39, 0.29) is 41.9 Å². The highest BCUT2D eigenvalue weighted by atomic mass is 14.0. The molecule has 18 heavy (non-hydrogen) atoms. The van der Waals surface area contributed by atoms with Crippen molar-refractivity contribution in [3.05, 3.63) is 91.4 Å². The summed E-state index contributed by atoms with van der Waals surface area (Å²) in [5.41, 5.74) is 1.42. The molecule has 0 saturated heterocycles. The first-order valence-corrected chi connectivity index (χ1v) is 5.30. The SMILES string of the molecule is [2H]C=C([2H])/C([2H])=C(\C([2H])=C[2H])c1cccc(-c2cc([2H])c([2H])cc2[2H])c1. The van der Waals surface area contributed by atoms with Crippen LogP contribution in [0, 0.1) is 0 Å². The van der Waals surface area contributed by atoms with E-state index in [1.807, 2.05) is 0 Å². The summed E-state index contributed by atoms with van der Waals surface area (Å²) < 4.78 is 61.5. The highest BCUT2D eigenvalue weighted by Gasteiger charge is 2.00. The van der Waals surface area contributed by atoms with Gasteiger partial charge in [-0.15, -0.1) is 0 Å². The van der Waals surface area contributed by atoms with E-state index in [9.17, 15) is 0 Å². The fraction of sp³-hybridized carbons (Fsp3) is 0. The second-order valence-corrected chi connectivity index (χ2v) is 3.50. The van der Waals surface area contributed by atoms with E-state index in [0.29, 0.717) is 23.2 Å². The summed E-state index contributed by atoms with van der Waals surface area (Å²) in [7, 11) is 0. The lowest BCUT2D eigenvalue weighted by molar-refractivity contribution is 1.58. The molecule has 0 heterocycles. The van der Waals surface area contributed by atoms with Crippen molar-refractivity contribution in [1.29, 1.82) is 0 Å². The summed E-state index contributed by atoms with van der Waals surface area (Å²) in [5.74, 6) is 0. The Hall–Kier alpha value is -2.34. The molecule has 0 aliphatic heterocycles. The molecule has 0 bridgehead atoms. The minimum Gasteiger partial charge on any atom is -0.0990 e. The van der Waals surface area contributed by atoms with Crippen molar-refractivity contribution in [3.63, 3.8) is 0 Å². The van der Waals surface area contributed by atoms with Gasteiger partial charge >= 0.3 is 0 Å². The van der Waals surface area contributed by atoms with Crippen LogP contribution in [0.5, 0.6) is 0 Å². The number of rotatable bonds is 4. The highest BCUT2D eigenvalue weighted by Crippen LogP contribution is 2.24. The summed E-state index contributed by atoms with van der Waals surface area (Å²) in [4.78, 5) is 0. The zero-order valence-electron chi connectivity index (χ0n) is 17.6. The third-order valence-electron chi connectivity index (χ3n) is 2.40. The molecule has 0 N–H and O–H groups in total. The molecule has 0 fully saturated rings. The molecule has 0 unspecified atom stereocenters. The lowest BCUT2D eigenvalue weighted by Crippen LogP contribution is -1.83. The Labute approximate surface area is 120 Å². The molecule has 2 rings (SSSR count). The number of benzene rings is 2. The topological polar surface area (TPSA) is 0 Å². The molecule has 0 amide bonds. The van der Waals surface area contributed by atoms with Crippen LogP contribution in [0.25, 0.3) is 16.7 Å². The predicted octanol–water partition coefficient (Wildman–Crippen LogP) is 5.11. The molecule has 0 aromatic heterocycles. The van der Waals surface area contributed by atoms with Crippen LogP contribution < -0.4 is 0 Å². The molecule has 0 atom stereocenters. The fourth-order valence-electron chi connectivity index (χ4n) is 1.58. The van der Waals surface area contributed by atoms with E-state index in [1.165, 1.54) is 12.1 Å². The van der Waals surface area contributed by atoms with Crippen molar-refractivity contribution in [1.82, 2.24) is 0 Å². The Morgan fingerprint density at radius 2 is 2.17 bits per heavy atom. The maximum Gasteiger partial charge on any atom is 0.0629 e. The zero-order valence-corrected chi connectivity index (χ0v) is 9.62. The van der Waals surface area contributed by atoms with Crippen molar-refractivity contribution < 1.29 is 11.0 Å². The van der Waals surface area contributed by atoms with E-state index < -0.39 is 0 Å². The van der Waals surface area contributed by atoms with Gasteiger partial charge in [-0.2, -0.15) is 0 Å². The number of hydrogen-bond donors (Lipinski definition) is 0. The van der Waals surface area contributed by atoms with E-state index >= 15 is 0 Å². The highest BCUT2D eigenvalue weighted by molar-refractivity contribution is 5.78. The first kappa shape index (κ1) is 5.53. The van der Waals surface area contributed by atoms with Crippen molar-refractivity contribution in [2.24, 2.45) is 0 Å². The first-order valence-electron chi connectivity index (χ1n) is 9.46. The molecule has 0 nitrogen and oxygen atoms in total. The van der Waals surface area contributed by atoms with Gasteiger partial charge in [-0.25, -0.2) is 0 Å². The Morgan fingerprint density at radius 1 is 1.17 bits per heavy atom. The predicted molar refractivity (Wildman–Crippen MR) is 80.2 cm³/mol. The van der Waals surface area contributed by atoms with Crippen LogP contribution in [-0.4, -0.2) is 0 Å². The Balaban J connectivity index is 2.70. The maximum absolute atomic E-state index is 8.05. The second-order valence-electron chi connectivity index (χ2n) is 3.50. The minimum atomic E-state index is -0.384. The standard InChI is InChI=1S/C18H16/c1-3-9-15(4-2)17-12-8-13-18(14-17)16-10-6-5-7-11-16/h3-14H,1-2H2/b15-9+/i1D,2D,3D,4D,5D,6D,9D,11D/b3-1?,4-2?,15-9+. The Bertz CT molecular complexity index is 925. The van der Waals surface area contributed by atoms with Crippen LogP contribution in [-0.2, 0) is 0 Å². The van der Waals surface area contributed by atoms with Crippen LogP contribution in [0.4, 0.5) is 0 Å². The molecule has 2 aromatic carbocycles. The fourth-order valence-corrected chi connectivity index (χ4v) is 1.58. The summed E-state index contributed by atoms with van der Waals surface area (Å²) in [6.45, 7) is 1.46. The van der Waals surface area contributed by atoms with Gasteiger partial charge < -0.3 is 0 Å². The van der Waals surface area contributed by atoms with E-state index in [0.717, 1.165) is 6.55 Å². The molecule has 0 saturated carbocycles. The average molecular weight is 240 g/mol. The van der Waals surface area contributed by atoms with Crippen molar-refractivity contribution in [2.75, 3.05) is 0 Å². The summed E-state index contributed by atoms with van der Waals surface area (Å²) >= 11 is 0. The average Bonchev–Trinajstić information content (AvgIpc) is 2.64. The van der Waals surface area contributed by atoms with Crippen molar-refractivity contribution in [3.8, 4) is 11.1 Å². The van der Waals surface area contributed by atoms with Crippen LogP contribution in [0.15, 0.2) is 85.8 Å². The van der Waals surface area contributed by atoms with Crippen LogP contribution in [0.3, 0.4) is 0 Å². The number of allylic oxidation sites excluding steroid dienone is 4. The molecule has 0 aliphatic rings. The molecule has 2 aromatic rings. The molecule has 0 aliphatic carbocycles. The van der Waals surface area contributed by atoms with Crippen LogP contribution >= 0.6 is 0 Å². The van der Waals surface area contributed by atoms with E-state index in [4.69, 9.17) is 11.0 Å². The minimum absolute atomic E-state index is 0.0174. The Kier molecular flexibility index (Phi) is 1.79. The van der Waals surface area contributed by atoms with Gasteiger partial charge in [0.25, 0.3) is 0 Å². The lowest BCUT2D eigenvalue weighted by Gasteiger charge is -2.06. The zero-order chi connectivity index (χ0) is 19.4. The normalized spacial score (nSPS) is 20.2. The first-order chi connectivity index (χ1) is 12.3. The molecule has 0 heteroatoms. The van der Waals surface area contributed by atoms with Gasteiger partial charge in [0.05, 0.1) is 11.0 Å². The lowest BCUT2D eigenvalue weighted by atomic mass is 9.99. The van der Waals surface area contributed by atoms with Gasteiger partial charge in [0.15, 0.2) is 0 Å². The van der Waals surface area contributed by atoms with Crippen LogP contribution in [0.2, 0.25) is 0 Å². The summed E-state index contributed by atoms with van der Waals surface area (Å²) in [5, 5.41) is 0. The smallest absolute Gasteiger partial charge is 0.0629 e. The third-order valence-corrected chi connectivity index (χ3v) is 2.40. The maximum atomic E-state index is 8.05. The van der Waals surface area contributed by atoms with E-state index in [2.05, 4.69) is 0 Å². The molecule has 0 radical (unpaired) electrons. The quantitative estimate of drug-likeness (QED) is 0.651. The van der Waals surface area contributed by atoms with Gasteiger partial charge in [-0.05, 0) is 28.3 Å². The molecular weight excluding hydrogens is 216 g/mol.